The second-order valence-corrected chi connectivity index (χ2v) is 8.33. The van der Waals surface area contributed by atoms with Crippen LogP contribution < -0.4 is 19.5 Å². The lowest BCUT2D eigenvalue weighted by molar-refractivity contribution is -0.286. The fourth-order valence-corrected chi connectivity index (χ4v) is 4.02. The molecule has 8 nitrogen and oxygen atoms in total. The zero-order valence-corrected chi connectivity index (χ0v) is 19.1. The molecule has 2 aliphatic rings. The first-order chi connectivity index (χ1) is 17.1. The van der Waals surface area contributed by atoms with Crippen LogP contribution in [0.2, 0.25) is 0 Å². The molecule has 1 amide bonds. The molecule has 2 aliphatic heterocycles. The molecule has 2 aromatic carbocycles. The van der Waals surface area contributed by atoms with Gasteiger partial charge in [0.2, 0.25) is 5.91 Å². The van der Waals surface area contributed by atoms with Gasteiger partial charge in [-0.25, -0.2) is 14.2 Å². The fourth-order valence-electron chi connectivity index (χ4n) is 4.02. The van der Waals surface area contributed by atoms with Crippen molar-refractivity contribution >= 4 is 17.7 Å². The second-order valence-electron chi connectivity index (χ2n) is 8.33. The Labute approximate surface area is 202 Å². The number of hydrogen-bond acceptors (Lipinski definition) is 7. The monoisotopic (exact) mass is 500 g/mol. The van der Waals surface area contributed by atoms with E-state index < -0.39 is 29.4 Å². The van der Waals surface area contributed by atoms with E-state index in [0.29, 0.717) is 5.56 Å². The topological polar surface area (TPSA) is 96.0 Å². The molecule has 1 atom stereocenters. The van der Waals surface area contributed by atoms with E-state index in [1.165, 1.54) is 42.5 Å². The number of benzene rings is 2. The van der Waals surface area contributed by atoms with Gasteiger partial charge >= 0.3 is 12.3 Å². The summed E-state index contributed by atoms with van der Waals surface area (Å²) in [7, 11) is 0. The standard InChI is InChI=1S/C25H19F3N2O6/c1-3-33-22(31)14-7-4-6-13(21(14)26)16-8-5-9-20(29-16)30-23(32)24(2)12-34-17-11-19-18(10-15(17)24)35-25(27,28)36-19/h4-11H,3,12H2,1-2H3,(H,29,30,32)/t24-/m0/s1. The summed E-state index contributed by atoms with van der Waals surface area (Å²) in [5.41, 5.74) is -0.939. The van der Waals surface area contributed by atoms with Crippen LogP contribution in [0.15, 0.2) is 48.5 Å². The molecule has 0 saturated carbocycles. The van der Waals surface area contributed by atoms with Crippen molar-refractivity contribution in [3.05, 3.63) is 65.5 Å². The third-order valence-electron chi connectivity index (χ3n) is 5.88. The van der Waals surface area contributed by atoms with Gasteiger partial charge in [0.1, 0.15) is 29.4 Å². The van der Waals surface area contributed by atoms with Gasteiger partial charge in [-0.1, -0.05) is 12.1 Å². The molecule has 0 fully saturated rings. The lowest BCUT2D eigenvalue weighted by atomic mass is 9.83. The van der Waals surface area contributed by atoms with Crippen LogP contribution in [0.4, 0.5) is 19.0 Å². The molecule has 0 unspecified atom stereocenters. The van der Waals surface area contributed by atoms with Crippen LogP contribution in [0.5, 0.6) is 17.2 Å². The highest BCUT2D eigenvalue weighted by atomic mass is 19.3. The van der Waals surface area contributed by atoms with E-state index in [1.807, 2.05) is 0 Å². The van der Waals surface area contributed by atoms with Crippen LogP contribution >= 0.6 is 0 Å². The number of anilines is 1. The smallest absolute Gasteiger partial charge is 0.492 e. The maximum atomic E-state index is 15.0. The number of nitrogens with zero attached hydrogens (tertiary/aromatic N) is 1. The van der Waals surface area contributed by atoms with Crippen LogP contribution in [0, 0.1) is 5.82 Å². The number of aromatic nitrogens is 1. The number of fused-ring (bicyclic) bond motifs is 2. The van der Waals surface area contributed by atoms with Gasteiger partial charge in [-0.2, -0.15) is 0 Å². The van der Waals surface area contributed by atoms with E-state index in [-0.39, 0.29) is 53.1 Å². The van der Waals surface area contributed by atoms with Crippen molar-refractivity contribution in [2.75, 3.05) is 18.5 Å². The van der Waals surface area contributed by atoms with Crippen molar-refractivity contribution in [1.82, 2.24) is 4.98 Å². The summed E-state index contributed by atoms with van der Waals surface area (Å²) in [5, 5.41) is 2.67. The number of nitrogens with one attached hydrogen (secondary N) is 1. The predicted octanol–water partition coefficient (Wildman–Crippen LogP) is 4.67. The highest BCUT2D eigenvalue weighted by Gasteiger charge is 2.49. The van der Waals surface area contributed by atoms with Gasteiger partial charge in [0.15, 0.2) is 11.5 Å². The average Bonchev–Trinajstić information content (AvgIpc) is 3.32. The summed E-state index contributed by atoms with van der Waals surface area (Å²) in [6.45, 7) is 3.23. The molecule has 11 heteroatoms. The molecule has 186 valence electrons. The number of pyridine rings is 1. The molecule has 0 radical (unpaired) electrons. The molecule has 3 heterocycles. The van der Waals surface area contributed by atoms with Crippen LogP contribution in [-0.2, 0) is 14.9 Å². The summed E-state index contributed by atoms with van der Waals surface area (Å²) in [6, 6.07) is 11.4. The molecule has 36 heavy (non-hydrogen) atoms. The molecule has 1 N–H and O–H groups in total. The van der Waals surface area contributed by atoms with E-state index in [0.717, 1.165) is 0 Å². The maximum Gasteiger partial charge on any atom is 0.586 e. The number of carbonyl (C=O) groups is 2. The largest absolute Gasteiger partial charge is 0.586 e. The minimum absolute atomic E-state index is 0.0473. The Morgan fingerprint density at radius 1 is 1.08 bits per heavy atom. The van der Waals surface area contributed by atoms with Gasteiger partial charge < -0.3 is 24.3 Å². The molecule has 0 bridgehead atoms. The number of amides is 1. The second kappa shape index (κ2) is 8.43. The maximum absolute atomic E-state index is 15.0. The quantitative estimate of drug-likeness (QED) is 0.509. The molecular formula is C25H19F3N2O6. The van der Waals surface area contributed by atoms with Crippen LogP contribution in [0.25, 0.3) is 11.3 Å². The fraction of sp³-hybridized carbons (Fsp3) is 0.240. The Balaban J connectivity index is 1.41. The number of hydrogen-bond donors (Lipinski definition) is 1. The van der Waals surface area contributed by atoms with Crippen molar-refractivity contribution in [2.45, 2.75) is 25.6 Å². The van der Waals surface area contributed by atoms with Crippen molar-refractivity contribution < 1.29 is 41.7 Å². The average molecular weight is 500 g/mol. The van der Waals surface area contributed by atoms with Crippen molar-refractivity contribution in [3.63, 3.8) is 0 Å². The third kappa shape index (κ3) is 3.96. The van der Waals surface area contributed by atoms with E-state index in [9.17, 15) is 18.4 Å². The summed E-state index contributed by atoms with van der Waals surface area (Å²) in [6.07, 6.45) is -3.81. The summed E-state index contributed by atoms with van der Waals surface area (Å²) in [4.78, 5) is 29.6. The van der Waals surface area contributed by atoms with E-state index in [1.54, 1.807) is 19.9 Å². The number of carbonyl (C=O) groups excluding carboxylic acids is 2. The SMILES string of the molecule is CCOC(=O)c1cccc(-c2cccc(NC(=O)[C@@]3(C)COc4cc5c(cc43)OC(F)(F)O5)n2)c1F. The number of ether oxygens (including phenoxy) is 4. The van der Waals surface area contributed by atoms with E-state index in [2.05, 4.69) is 19.8 Å². The zero-order chi connectivity index (χ0) is 25.7. The molecular weight excluding hydrogens is 481 g/mol. The number of halogens is 3. The van der Waals surface area contributed by atoms with E-state index in [4.69, 9.17) is 9.47 Å². The molecule has 5 rings (SSSR count). The summed E-state index contributed by atoms with van der Waals surface area (Å²) >= 11 is 0. The van der Waals surface area contributed by atoms with Crippen molar-refractivity contribution in [2.24, 2.45) is 0 Å². The lowest BCUT2D eigenvalue weighted by Crippen LogP contribution is -2.39. The first-order valence-electron chi connectivity index (χ1n) is 10.9. The predicted molar refractivity (Wildman–Crippen MR) is 120 cm³/mol. The Kier molecular flexibility index (Phi) is 5.50. The van der Waals surface area contributed by atoms with Gasteiger partial charge in [0, 0.05) is 17.2 Å². The first-order valence-corrected chi connectivity index (χ1v) is 10.9. The van der Waals surface area contributed by atoms with Gasteiger partial charge in [-0.15, -0.1) is 8.78 Å². The van der Waals surface area contributed by atoms with Gasteiger partial charge in [-0.05, 0) is 44.2 Å². The third-order valence-corrected chi connectivity index (χ3v) is 5.88. The molecule has 1 aromatic heterocycles. The normalized spacial score (nSPS) is 18.8. The minimum atomic E-state index is -3.81. The number of alkyl halides is 2. The van der Waals surface area contributed by atoms with Crippen molar-refractivity contribution in [3.8, 4) is 28.5 Å². The molecule has 0 aliphatic carbocycles. The lowest BCUT2D eigenvalue weighted by Gasteiger charge is -2.21. The van der Waals surface area contributed by atoms with E-state index >= 15 is 4.39 Å². The summed E-state index contributed by atoms with van der Waals surface area (Å²) in [5.74, 6) is -2.20. The molecule has 0 spiro atoms. The van der Waals surface area contributed by atoms with Gasteiger partial charge in [0.25, 0.3) is 0 Å². The minimum Gasteiger partial charge on any atom is -0.492 e. The zero-order valence-electron chi connectivity index (χ0n) is 19.1. The Morgan fingerprint density at radius 2 is 1.81 bits per heavy atom. The van der Waals surface area contributed by atoms with Gasteiger partial charge in [-0.3, -0.25) is 4.79 Å². The highest BCUT2D eigenvalue weighted by molar-refractivity contribution is 6.00. The van der Waals surface area contributed by atoms with Crippen molar-refractivity contribution in [1.29, 1.82) is 0 Å². The van der Waals surface area contributed by atoms with Crippen LogP contribution in [-0.4, -0.2) is 36.4 Å². The number of rotatable bonds is 5. The Hall–Kier alpha value is -4.28. The summed E-state index contributed by atoms with van der Waals surface area (Å²) < 4.78 is 61.3. The van der Waals surface area contributed by atoms with Crippen LogP contribution in [0.1, 0.15) is 29.8 Å². The van der Waals surface area contributed by atoms with Gasteiger partial charge in [0.05, 0.1) is 17.9 Å². The Bertz CT molecular complexity index is 1400. The van der Waals surface area contributed by atoms with Crippen LogP contribution in [0.3, 0.4) is 0 Å². The Morgan fingerprint density at radius 3 is 2.56 bits per heavy atom. The number of esters is 1. The first kappa shape index (κ1) is 23.5. The molecule has 0 saturated heterocycles. The highest BCUT2D eigenvalue weighted by Crippen LogP contribution is 2.50. The molecule has 3 aromatic rings.